The Kier molecular flexibility index (Phi) is 4.59. The molecular formula is C14H14ClN3O2S. The summed E-state index contributed by atoms with van der Waals surface area (Å²) in [7, 11) is 3.34. The van der Waals surface area contributed by atoms with Crippen LogP contribution in [0.2, 0.25) is 5.02 Å². The highest BCUT2D eigenvalue weighted by molar-refractivity contribution is 7.17. The third-order valence-corrected chi connectivity index (χ3v) is 4.00. The van der Waals surface area contributed by atoms with Gasteiger partial charge in [-0.25, -0.2) is 4.98 Å². The standard InChI is InChI=1S/C14H14ClN3O2S/c1-8-11(13(20)18(2)3)21-14(16-8)17-12(19)9-5-4-6-10(15)7-9/h4-7H,1-3H3,(H,16,17,19). The Morgan fingerprint density at radius 3 is 2.67 bits per heavy atom. The maximum atomic E-state index is 12.1. The Morgan fingerprint density at radius 2 is 2.05 bits per heavy atom. The van der Waals surface area contributed by atoms with Crippen LogP contribution in [0.3, 0.4) is 0 Å². The second-order valence-corrected chi connectivity index (χ2v) is 6.03. The van der Waals surface area contributed by atoms with Crippen LogP contribution >= 0.6 is 22.9 Å². The number of carbonyl (C=O) groups excluding carboxylic acids is 2. The second kappa shape index (κ2) is 6.24. The Morgan fingerprint density at radius 1 is 1.33 bits per heavy atom. The van der Waals surface area contributed by atoms with Crippen molar-refractivity contribution in [2.24, 2.45) is 0 Å². The van der Waals surface area contributed by atoms with Crippen molar-refractivity contribution in [2.45, 2.75) is 6.92 Å². The van der Waals surface area contributed by atoms with Crippen LogP contribution in [0.5, 0.6) is 0 Å². The molecule has 0 saturated carbocycles. The lowest BCUT2D eigenvalue weighted by Gasteiger charge is -2.07. The van der Waals surface area contributed by atoms with Gasteiger partial charge >= 0.3 is 0 Å². The SMILES string of the molecule is Cc1nc(NC(=O)c2cccc(Cl)c2)sc1C(=O)N(C)C. The van der Waals surface area contributed by atoms with Gasteiger partial charge in [-0.05, 0) is 25.1 Å². The predicted molar refractivity (Wildman–Crippen MR) is 84.3 cm³/mol. The first kappa shape index (κ1) is 15.5. The molecule has 0 saturated heterocycles. The van der Waals surface area contributed by atoms with Crippen LogP contribution in [0.15, 0.2) is 24.3 Å². The summed E-state index contributed by atoms with van der Waals surface area (Å²) in [6, 6.07) is 6.63. The molecule has 2 amide bonds. The number of benzene rings is 1. The van der Waals surface area contributed by atoms with Gasteiger partial charge in [0.15, 0.2) is 5.13 Å². The van der Waals surface area contributed by atoms with Crippen molar-refractivity contribution < 1.29 is 9.59 Å². The smallest absolute Gasteiger partial charge is 0.265 e. The highest BCUT2D eigenvalue weighted by Gasteiger charge is 2.18. The molecule has 1 aromatic heterocycles. The lowest BCUT2D eigenvalue weighted by Crippen LogP contribution is -2.21. The molecule has 2 aromatic rings. The number of aromatic nitrogens is 1. The van der Waals surface area contributed by atoms with Crippen molar-refractivity contribution >= 4 is 39.9 Å². The molecule has 0 aliphatic heterocycles. The number of nitrogens with one attached hydrogen (secondary N) is 1. The molecule has 0 bridgehead atoms. The van der Waals surface area contributed by atoms with E-state index in [0.29, 0.717) is 26.3 Å². The van der Waals surface area contributed by atoms with E-state index in [0.717, 1.165) is 11.3 Å². The lowest BCUT2D eigenvalue weighted by molar-refractivity contribution is 0.0831. The zero-order chi connectivity index (χ0) is 15.6. The monoisotopic (exact) mass is 323 g/mol. The Labute approximate surface area is 131 Å². The van der Waals surface area contributed by atoms with Crippen LogP contribution in [-0.4, -0.2) is 35.8 Å². The summed E-state index contributed by atoms with van der Waals surface area (Å²) in [6.45, 7) is 1.74. The minimum atomic E-state index is -0.310. The summed E-state index contributed by atoms with van der Waals surface area (Å²) in [5.74, 6) is -0.441. The molecule has 0 spiro atoms. The number of amides is 2. The fourth-order valence-electron chi connectivity index (χ4n) is 1.65. The molecule has 1 aromatic carbocycles. The molecule has 110 valence electrons. The number of hydrogen-bond donors (Lipinski definition) is 1. The number of anilines is 1. The van der Waals surface area contributed by atoms with Gasteiger partial charge in [0.05, 0.1) is 5.69 Å². The van der Waals surface area contributed by atoms with Gasteiger partial charge < -0.3 is 4.90 Å². The van der Waals surface area contributed by atoms with E-state index < -0.39 is 0 Å². The van der Waals surface area contributed by atoms with Gasteiger partial charge in [0.1, 0.15) is 4.88 Å². The average molecular weight is 324 g/mol. The quantitative estimate of drug-likeness (QED) is 0.944. The van der Waals surface area contributed by atoms with Gasteiger partial charge in [-0.1, -0.05) is 29.0 Å². The first-order valence-corrected chi connectivity index (χ1v) is 7.34. The molecule has 0 aliphatic rings. The van der Waals surface area contributed by atoms with E-state index in [1.807, 2.05) is 0 Å². The van der Waals surface area contributed by atoms with E-state index in [1.165, 1.54) is 4.90 Å². The van der Waals surface area contributed by atoms with Crippen LogP contribution in [0.25, 0.3) is 0 Å². The van der Waals surface area contributed by atoms with E-state index in [9.17, 15) is 9.59 Å². The van der Waals surface area contributed by atoms with Gasteiger partial charge in [-0.3, -0.25) is 14.9 Å². The molecule has 7 heteroatoms. The molecule has 5 nitrogen and oxygen atoms in total. The molecule has 2 rings (SSSR count). The maximum Gasteiger partial charge on any atom is 0.265 e. The topological polar surface area (TPSA) is 62.3 Å². The summed E-state index contributed by atoms with van der Waals surface area (Å²) in [4.78, 5) is 30.2. The van der Waals surface area contributed by atoms with E-state index >= 15 is 0 Å². The Hall–Kier alpha value is -1.92. The van der Waals surface area contributed by atoms with Crippen molar-refractivity contribution in [3.8, 4) is 0 Å². The minimum absolute atomic E-state index is 0.131. The number of carbonyl (C=O) groups is 2. The molecular weight excluding hydrogens is 310 g/mol. The first-order valence-electron chi connectivity index (χ1n) is 6.14. The maximum absolute atomic E-state index is 12.1. The fraction of sp³-hybridized carbons (Fsp3) is 0.214. The van der Waals surface area contributed by atoms with E-state index in [-0.39, 0.29) is 11.8 Å². The van der Waals surface area contributed by atoms with Crippen LogP contribution in [-0.2, 0) is 0 Å². The largest absolute Gasteiger partial charge is 0.344 e. The van der Waals surface area contributed by atoms with Crippen molar-refractivity contribution in [3.05, 3.63) is 45.4 Å². The number of aryl methyl sites for hydroxylation is 1. The van der Waals surface area contributed by atoms with Gasteiger partial charge in [0, 0.05) is 24.7 Å². The normalized spacial score (nSPS) is 10.3. The van der Waals surface area contributed by atoms with Crippen LogP contribution in [0.1, 0.15) is 25.7 Å². The highest BCUT2D eigenvalue weighted by Crippen LogP contribution is 2.24. The third-order valence-electron chi connectivity index (χ3n) is 2.70. The number of hydrogen-bond acceptors (Lipinski definition) is 4. The van der Waals surface area contributed by atoms with Gasteiger partial charge in [0.2, 0.25) is 0 Å². The summed E-state index contributed by atoms with van der Waals surface area (Å²) in [5.41, 5.74) is 1.04. The Bertz CT molecular complexity index is 697. The fourth-order valence-corrected chi connectivity index (χ4v) is 2.82. The predicted octanol–water partition coefficient (Wildman–Crippen LogP) is 3.06. The van der Waals surface area contributed by atoms with Crippen molar-refractivity contribution in [1.29, 1.82) is 0 Å². The van der Waals surface area contributed by atoms with Gasteiger partial charge in [0.25, 0.3) is 11.8 Å². The molecule has 0 atom stereocenters. The van der Waals surface area contributed by atoms with E-state index in [1.54, 1.807) is 45.3 Å². The molecule has 0 aliphatic carbocycles. The van der Waals surface area contributed by atoms with E-state index in [4.69, 9.17) is 11.6 Å². The minimum Gasteiger partial charge on any atom is -0.344 e. The molecule has 0 fully saturated rings. The van der Waals surface area contributed by atoms with Crippen molar-refractivity contribution in [1.82, 2.24) is 9.88 Å². The Balaban J connectivity index is 2.19. The van der Waals surface area contributed by atoms with Crippen LogP contribution in [0.4, 0.5) is 5.13 Å². The number of halogens is 1. The first-order chi connectivity index (χ1) is 9.88. The highest BCUT2D eigenvalue weighted by atomic mass is 35.5. The number of nitrogens with zero attached hydrogens (tertiary/aromatic N) is 2. The average Bonchev–Trinajstić information content (AvgIpc) is 2.78. The third kappa shape index (κ3) is 3.59. The number of rotatable bonds is 3. The summed E-state index contributed by atoms with van der Waals surface area (Å²) in [5, 5.41) is 3.56. The molecule has 0 radical (unpaired) electrons. The van der Waals surface area contributed by atoms with Crippen LogP contribution < -0.4 is 5.32 Å². The van der Waals surface area contributed by atoms with Crippen LogP contribution in [0, 0.1) is 6.92 Å². The van der Waals surface area contributed by atoms with Crippen molar-refractivity contribution in [3.63, 3.8) is 0 Å². The molecule has 0 unspecified atom stereocenters. The number of thiazole rings is 1. The molecule has 1 N–H and O–H groups in total. The zero-order valence-corrected chi connectivity index (χ0v) is 13.4. The second-order valence-electron chi connectivity index (χ2n) is 4.60. The zero-order valence-electron chi connectivity index (χ0n) is 11.8. The van der Waals surface area contributed by atoms with Crippen molar-refractivity contribution in [2.75, 3.05) is 19.4 Å². The van der Waals surface area contributed by atoms with Gasteiger partial charge in [-0.15, -0.1) is 0 Å². The van der Waals surface area contributed by atoms with E-state index in [2.05, 4.69) is 10.3 Å². The molecule has 1 heterocycles. The summed E-state index contributed by atoms with van der Waals surface area (Å²) < 4.78 is 0. The van der Waals surface area contributed by atoms with Gasteiger partial charge in [-0.2, -0.15) is 0 Å². The molecule has 21 heavy (non-hydrogen) atoms. The lowest BCUT2D eigenvalue weighted by atomic mass is 10.2. The summed E-state index contributed by atoms with van der Waals surface area (Å²) >= 11 is 7.01. The summed E-state index contributed by atoms with van der Waals surface area (Å²) in [6.07, 6.45) is 0.